The molecule has 2 aromatic carbocycles. The van der Waals surface area contributed by atoms with Crippen LogP contribution < -0.4 is 21.1 Å². The number of nitrogens with zero attached hydrogens (tertiary/aromatic N) is 1. The highest BCUT2D eigenvalue weighted by molar-refractivity contribution is 7.18. The van der Waals surface area contributed by atoms with E-state index in [9.17, 15) is 4.79 Å². The molecule has 1 aliphatic heterocycles. The molecule has 2 atom stereocenters. The number of nitrogens with two attached hydrogens (primary N) is 1. The molecule has 4 N–H and O–H groups in total. The van der Waals surface area contributed by atoms with E-state index < -0.39 is 0 Å². The van der Waals surface area contributed by atoms with Gasteiger partial charge < -0.3 is 21.1 Å². The summed E-state index contributed by atoms with van der Waals surface area (Å²) in [6, 6.07) is 16.1. The van der Waals surface area contributed by atoms with Crippen molar-refractivity contribution in [2.75, 3.05) is 17.6 Å². The normalized spacial score (nSPS) is 19.0. The third kappa shape index (κ3) is 4.64. The van der Waals surface area contributed by atoms with Crippen molar-refractivity contribution in [3.63, 3.8) is 0 Å². The lowest BCUT2D eigenvalue weighted by Crippen LogP contribution is -2.36. The number of anilines is 3. The van der Waals surface area contributed by atoms with Gasteiger partial charge in [0, 0.05) is 17.3 Å². The van der Waals surface area contributed by atoms with Crippen LogP contribution in [-0.4, -0.2) is 29.5 Å². The zero-order valence-electron chi connectivity index (χ0n) is 18.1. The fourth-order valence-corrected chi connectivity index (χ4v) is 5.05. The Morgan fingerprint density at radius 3 is 2.75 bits per heavy atom. The van der Waals surface area contributed by atoms with E-state index in [1.165, 1.54) is 36.2 Å². The number of aromatic nitrogens is 1. The van der Waals surface area contributed by atoms with E-state index in [1.54, 1.807) is 0 Å². The van der Waals surface area contributed by atoms with Crippen molar-refractivity contribution in [3.05, 3.63) is 64.5 Å². The molecule has 0 spiro atoms. The molecule has 5 rings (SSSR count). The summed E-state index contributed by atoms with van der Waals surface area (Å²) in [4.78, 5) is 17.9. The molecule has 1 aromatic heterocycles. The molecule has 1 saturated heterocycles. The van der Waals surface area contributed by atoms with E-state index in [0.717, 1.165) is 24.4 Å². The number of ketones is 1. The smallest absolute Gasteiger partial charge is 0.206 e. The zero-order valence-corrected chi connectivity index (χ0v) is 19.0. The number of carbonyl (C=O) groups excluding carboxylic acids is 1. The Bertz CT molecular complexity index is 1100. The van der Waals surface area contributed by atoms with Crippen LogP contribution in [-0.2, 0) is 0 Å². The van der Waals surface area contributed by atoms with Gasteiger partial charge in [-0.2, -0.15) is 0 Å². The van der Waals surface area contributed by atoms with Crippen LogP contribution in [0.25, 0.3) is 0 Å². The molecule has 1 unspecified atom stereocenters. The number of thiazole rings is 1. The maximum Gasteiger partial charge on any atom is 0.206 e. The van der Waals surface area contributed by atoms with Crippen LogP contribution in [0.1, 0.15) is 59.3 Å². The van der Waals surface area contributed by atoms with Crippen molar-refractivity contribution >= 4 is 33.8 Å². The molecular weight excluding hydrogens is 420 g/mol. The Morgan fingerprint density at radius 2 is 2.03 bits per heavy atom. The largest absolute Gasteiger partial charge is 0.489 e. The average molecular weight is 449 g/mol. The Morgan fingerprint density at radius 1 is 1.22 bits per heavy atom. The number of benzene rings is 2. The molecule has 0 radical (unpaired) electrons. The third-order valence-corrected chi connectivity index (χ3v) is 7.14. The monoisotopic (exact) mass is 448 g/mol. The number of rotatable bonds is 8. The number of nitrogen functional groups attached to an aromatic ring is 1. The van der Waals surface area contributed by atoms with E-state index in [1.807, 2.05) is 42.5 Å². The first-order valence-corrected chi connectivity index (χ1v) is 12.1. The first-order valence-electron chi connectivity index (χ1n) is 11.2. The van der Waals surface area contributed by atoms with E-state index in [2.05, 4.69) is 28.6 Å². The van der Waals surface area contributed by atoms with Crippen LogP contribution in [0.15, 0.2) is 48.5 Å². The third-order valence-electron chi connectivity index (χ3n) is 6.15. The number of hydrogen-bond acceptors (Lipinski definition) is 7. The topological polar surface area (TPSA) is 89.3 Å². The lowest BCUT2D eigenvalue weighted by atomic mass is 10.0. The summed E-state index contributed by atoms with van der Waals surface area (Å²) in [5.74, 6) is 1.62. The Hall–Kier alpha value is -2.90. The van der Waals surface area contributed by atoms with Gasteiger partial charge in [-0.15, -0.1) is 0 Å². The Balaban J connectivity index is 1.25. The van der Waals surface area contributed by atoms with E-state index in [0.29, 0.717) is 27.5 Å². The summed E-state index contributed by atoms with van der Waals surface area (Å²) in [6.07, 6.45) is 4.89. The number of carbonyl (C=O) groups is 1. The van der Waals surface area contributed by atoms with Crippen molar-refractivity contribution < 1.29 is 9.53 Å². The average Bonchev–Trinajstić information content (AvgIpc) is 3.38. The predicted molar refractivity (Wildman–Crippen MR) is 129 cm³/mol. The minimum absolute atomic E-state index is 0.0752. The molecule has 6 nitrogen and oxygen atoms in total. The van der Waals surface area contributed by atoms with Crippen LogP contribution in [0.4, 0.5) is 16.6 Å². The van der Waals surface area contributed by atoms with E-state index >= 15 is 0 Å². The second kappa shape index (κ2) is 8.92. The van der Waals surface area contributed by atoms with Gasteiger partial charge in [0.15, 0.2) is 5.13 Å². The van der Waals surface area contributed by atoms with Crippen LogP contribution in [0, 0.1) is 0 Å². The Labute approximate surface area is 192 Å². The molecule has 1 saturated carbocycles. The van der Waals surface area contributed by atoms with Gasteiger partial charge in [0.25, 0.3) is 0 Å². The van der Waals surface area contributed by atoms with Gasteiger partial charge in [-0.1, -0.05) is 29.5 Å². The highest BCUT2D eigenvalue weighted by atomic mass is 32.1. The van der Waals surface area contributed by atoms with Gasteiger partial charge in [-0.05, 0) is 81.0 Å². The molecule has 2 fully saturated rings. The molecule has 2 aliphatic rings. The molecule has 3 aromatic rings. The standard InChI is InChI=1S/C25H28N4O2S/c1-15(21-6-3-13-27-21)31-20-11-9-19(10-12-20)28-25-29-24(26)23(32-25)22(30)18-5-2-4-17(14-18)16-7-8-16/h2,4-5,9-12,14-16,21,27H,3,6-8,13,26H2,1H3,(H,28,29)/t15-,21?/m0/s1. The predicted octanol–water partition coefficient (Wildman–Crippen LogP) is 5.10. The second-order valence-corrected chi connectivity index (χ2v) is 9.64. The summed E-state index contributed by atoms with van der Waals surface area (Å²) in [5, 5.41) is 7.33. The molecule has 0 amide bonds. The van der Waals surface area contributed by atoms with E-state index in [4.69, 9.17) is 10.5 Å². The number of hydrogen-bond donors (Lipinski definition) is 3. The van der Waals surface area contributed by atoms with Crippen LogP contribution >= 0.6 is 11.3 Å². The lowest BCUT2D eigenvalue weighted by Gasteiger charge is -2.21. The molecule has 7 heteroatoms. The molecule has 1 aliphatic carbocycles. The van der Waals surface area contributed by atoms with Crippen molar-refractivity contribution in [1.29, 1.82) is 0 Å². The van der Waals surface area contributed by atoms with Gasteiger partial charge in [0.1, 0.15) is 22.5 Å². The summed E-state index contributed by atoms with van der Waals surface area (Å²) in [5.41, 5.74) is 8.87. The summed E-state index contributed by atoms with van der Waals surface area (Å²) < 4.78 is 6.07. The molecule has 32 heavy (non-hydrogen) atoms. The second-order valence-electron chi connectivity index (χ2n) is 8.64. The van der Waals surface area contributed by atoms with Gasteiger partial charge in [-0.25, -0.2) is 4.98 Å². The number of nitrogens with one attached hydrogen (secondary N) is 2. The first-order chi connectivity index (χ1) is 15.6. The number of ether oxygens (including phenoxy) is 1. The maximum absolute atomic E-state index is 13.0. The minimum Gasteiger partial charge on any atom is -0.489 e. The van der Waals surface area contributed by atoms with Crippen molar-refractivity contribution in [3.8, 4) is 5.75 Å². The van der Waals surface area contributed by atoms with Gasteiger partial charge in [0.2, 0.25) is 5.78 Å². The summed E-state index contributed by atoms with van der Waals surface area (Å²) in [7, 11) is 0. The summed E-state index contributed by atoms with van der Waals surface area (Å²) in [6.45, 7) is 3.17. The first kappa shape index (κ1) is 21.0. The van der Waals surface area contributed by atoms with Crippen LogP contribution in [0.3, 0.4) is 0 Å². The fraction of sp³-hybridized carbons (Fsp3) is 0.360. The van der Waals surface area contributed by atoms with E-state index in [-0.39, 0.29) is 17.7 Å². The van der Waals surface area contributed by atoms with Crippen LogP contribution in [0.5, 0.6) is 5.75 Å². The summed E-state index contributed by atoms with van der Waals surface area (Å²) >= 11 is 1.28. The Kier molecular flexibility index (Phi) is 5.85. The highest BCUT2D eigenvalue weighted by Gasteiger charge is 2.25. The van der Waals surface area contributed by atoms with Crippen molar-refractivity contribution in [2.45, 2.75) is 50.7 Å². The molecular formula is C25H28N4O2S. The highest BCUT2D eigenvalue weighted by Crippen LogP contribution is 2.40. The van der Waals surface area contributed by atoms with Crippen molar-refractivity contribution in [1.82, 2.24) is 10.3 Å². The van der Waals surface area contributed by atoms with Crippen molar-refractivity contribution in [2.24, 2.45) is 0 Å². The van der Waals surface area contributed by atoms with Gasteiger partial charge in [0.05, 0.1) is 0 Å². The van der Waals surface area contributed by atoms with Crippen LogP contribution in [0.2, 0.25) is 0 Å². The van der Waals surface area contributed by atoms with Gasteiger partial charge >= 0.3 is 0 Å². The maximum atomic E-state index is 13.0. The quantitative estimate of drug-likeness (QED) is 0.416. The SMILES string of the molecule is C[C@H](Oc1ccc(Nc2nc(N)c(C(=O)c3cccc(C4CC4)c3)s2)cc1)C1CCCN1. The minimum atomic E-state index is -0.0752. The molecule has 0 bridgehead atoms. The lowest BCUT2D eigenvalue weighted by molar-refractivity contribution is 0.104. The molecule has 2 heterocycles. The fourth-order valence-electron chi connectivity index (χ4n) is 4.18. The van der Waals surface area contributed by atoms with Gasteiger partial charge in [-0.3, -0.25) is 4.79 Å². The zero-order chi connectivity index (χ0) is 22.1. The molecule has 166 valence electrons.